The van der Waals surface area contributed by atoms with Crippen molar-refractivity contribution >= 4 is 28.4 Å². The van der Waals surface area contributed by atoms with Gasteiger partial charge in [0.25, 0.3) is 5.56 Å². The minimum Gasteiger partial charge on any atom is -0.496 e. The number of fused-ring (bicyclic) bond motifs is 1. The fourth-order valence-corrected chi connectivity index (χ4v) is 3.74. The highest BCUT2D eigenvalue weighted by Gasteiger charge is 2.11. The first-order valence-electron chi connectivity index (χ1n) is 9.14. The summed E-state index contributed by atoms with van der Waals surface area (Å²) in [4.78, 5) is 17.7. The van der Waals surface area contributed by atoms with Gasteiger partial charge in [-0.25, -0.2) is 0 Å². The van der Waals surface area contributed by atoms with Crippen molar-refractivity contribution < 1.29 is 9.47 Å². The van der Waals surface area contributed by atoms with E-state index in [1.807, 2.05) is 67.6 Å². The van der Waals surface area contributed by atoms with Crippen LogP contribution in [0.2, 0.25) is 0 Å². The molecule has 4 aromatic rings. The monoisotopic (exact) mass is 405 g/mol. The Kier molecular flexibility index (Phi) is 5.39. The first kappa shape index (κ1) is 18.9. The summed E-state index contributed by atoms with van der Waals surface area (Å²) in [5, 5.41) is 4.37. The van der Waals surface area contributed by atoms with E-state index in [-0.39, 0.29) is 5.56 Å². The number of allylic oxidation sites excluding steroid dienone is 1. The number of hydrogen-bond donors (Lipinski definition) is 0. The molecule has 0 aliphatic heterocycles. The maximum atomic E-state index is 12.6. The smallest absolute Gasteiger partial charge is 0.291 e. The van der Waals surface area contributed by atoms with Gasteiger partial charge < -0.3 is 9.47 Å². The van der Waals surface area contributed by atoms with Crippen molar-refractivity contribution in [3.8, 4) is 22.9 Å². The zero-order chi connectivity index (χ0) is 20.2. The maximum Gasteiger partial charge on any atom is 0.291 e. The number of hydrogen-bond acceptors (Lipinski definition) is 6. The molecule has 2 heterocycles. The van der Waals surface area contributed by atoms with Crippen LogP contribution >= 0.6 is 11.3 Å². The molecule has 0 unspecified atom stereocenters. The van der Waals surface area contributed by atoms with Crippen LogP contribution in [0.1, 0.15) is 12.5 Å². The van der Waals surface area contributed by atoms with E-state index in [2.05, 4.69) is 10.1 Å². The van der Waals surface area contributed by atoms with Crippen LogP contribution in [0.4, 0.5) is 0 Å². The van der Waals surface area contributed by atoms with Crippen molar-refractivity contribution in [3.63, 3.8) is 0 Å². The van der Waals surface area contributed by atoms with Gasteiger partial charge in [0, 0.05) is 11.1 Å². The van der Waals surface area contributed by atoms with Crippen molar-refractivity contribution in [2.24, 2.45) is 0 Å². The van der Waals surface area contributed by atoms with Gasteiger partial charge in [0.05, 0.1) is 18.2 Å². The van der Waals surface area contributed by atoms with E-state index in [9.17, 15) is 4.79 Å². The Hall–Kier alpha value is -3.45. The fraction of sp³-hybridized carbons (Fsp3) is 0.136. The van der Waals surface area contributed by atoms with Crippen molar-refractivity contribution in [2.75, 3.05) is 13.7 Å². The number of para-hydroxylation sites is 1. The van der Waals surface area contributed by atoms with Crippen LogP contribution in [0.15, 0.2) is 59.4 Å². The number of nitrogens with zero attached hydrogens (tertiary/aromatic N) is 3. The largest absolute Gasteiger partial charge is 0.496 e. The summed E-state index contributed by atoms with van der Waals surface area (Å²) in [5.74, 6) is 2.09. The highest BCUT2D eigenvalue weighted by atomic mass is 32.1. The molecule has 4 rings (SSSR count). The summed E-state index contributed by atoms with van der Waals surface area (Å²) in [5.41, 5.74) is 1.60. The molecule has 146 valence electrons. The molecule has 0 atom stereocenters. The molecule has 2 aromatic heterocycles. The number of methoxy groups -OCH3 is 1. The van der Waals surface area contributed by atoms with Gasteiger partial charge in [0.2, 0.25) is 4.96 Å². The molecule has 0 fully saturated rings. The Morgan fingerprint density at radius 3 is 2.66 bits per heavy atom. The van der Waals surface area contributed by atoms with Crippen LogP contribution in [0, 0.1) is 0 Å². The second-order valence-corrected chi connectivity index (χ2v) is 7.14. The SMILES string of the molecule is CCOc1ccc(-c2nc3s/c(=C/C=C/c4ccccc4OC)c(=O)n3n2)cc1. The van der Waals surface area contributed by atoms with Crippen LogP contribution in [0.25, 0.3) is 28.5 Å². The summed E-state index contributed by atoms with van der Waals surface area (Å²) in [6, 6.07) is 15.2. The van der Waals surface area contributed by atoms with Gasteiger partial charge in [-0.2, -0.15) is 9.50 Å². The Bertz CT molecular complexity index is 1270. The summed E-state index contributed by atoms with van der Waals surface area (Å²) in [6.45, 7) is 2.55. The molecule has 0 amide bonds. The van der Waals surface area contributed by atoms with Crippen LogP contribution in [0.3, 0.4) is 0 Å². The Morgan fingerprint density at radius 1 is 1.14 bits per heavy atom. The number of benzene rings is 2. The number of rotatable bonds is 6. The van der Waals surface area contributed by atoms with Crippen molar-refractivity contribution in [2.45, 2.75) is 6.92 Å². The number of ether oxygens (including phenoxy) is 2. The summed E-state index contributed by atoms with van der Waals surface area (Å²) >= 11 is 1.31. The van der Waals surface area contributed by atoms with E-state index < -0.39 is 0 Å². The molecule has 7 heteroatoms. The zero-order valence-corrected chi connectivity index (χ0v) is 16.8. The lowest BCUT2D eigenvalue weighted by atomic mass is 10.2. The minimum atomic E-state index is -0.181. The van der Waals surface area contributed by atoms with Crippen LogP contribution in [0.5, 0.6) is 11.5 Å². The molecule has 0 bridgehead atoms. The summed E-state index contributed by atoms with van der Waals surface area (Å²) in [7, 11) is 1.63. The third kappa shape index (κ3) is 3.90. The van der Waals surface area contributed by atoms with Crippen molar-refractivity contribution in [1.82, 2.24) is 14.6 Å². The Balaban J connectivity index is 1.62. The van der Waals surface area contributed by atoms with E-state index >= 15 is 0 Å². The van der Waals surface area contributed by atoms with E-state index in [1.54, 1.807) is 13.2 Å². The first-order valence-corrected chi connectivity index (χ1v) is 9.95. The van der Waals surface area contributed by atoms with E-state index in [1.165, 1.54) is 15.9 Å². The van der Waals surface area contributed by atoms with Crippen LogP contribution in [-0.4, -0.2) is 28.3 Å². The molecular weight excluding hydrogens is 386 g/mol. The molecule has 0 saturated heterocycles. The Labute approximate surface area is 171 Å². The van der Waals surface area contributed by atoms with Gasteiger partial charge in [-0.15, -0.1) is 5.10 Å². The maximum absolute atomic E-state index is 12.6. The predicted molar refractivity (Wildman–Crippen MR) is 115 cm³/mol. The Morgan fingerprint density at radius 2 is 1.93 bits per heavy atom. The molecule has 0 spiro atoms. The second-order valence-electron chi connectivity index (χ2n) is 6.13. The zero-order valence-electron chi connectivity index (χ0n) is 16.0. The number of aromatic nitrogens is 3. The van der Waals surface area contributed by atoms with Gasteiger partial charge in [0.1, 0.15) is 11.5 Å². The van der Waals surface area contributed by atoms with Gasteiger partial charge in [-0.1, -0.05) is 41.7 Å². The highest BCUT2D eigenvalue weighted by molar-refractivity contribution is 7.15. The molecule has 2 aromatic carbocycles. The third-order valence-electron chi connectivity index (χ3n) is 4.27. The highest BCUT2D eigenvalue weighted by Crippen LogP contribution is 2.21. The van der Waals surface area contributed by atoms with Crippen LogP contribution < -0.4 is 19.6 Å². The van der Waals surface area contributed by atoms with Gasteiger partial charge in [-0.3, -0.25) is 4.79 Å². The van der Waals surface area contributed by atoms with Crippen LogP contribution in [-0.2, 0) is 0 Å². The lowest BCUT2D eigenvalue weighted by Crippen LogP contribution is -2.23. The molecular formula is C22H19N3O3S. The lowest BCUT2D eigenvalue weighted by molar-refractivity contribution is 0.340. The fourth-order valence-electron chi connectivity index (χ4n) is 2.88. The molecule has 0 aliphatic rings. The summed E-state index contributed by atoms with van der Waals surface area (Å²) in [6.07, 6.45) is 5.50. The topological polar surface area (TPSA) is 65.7 Å². The summed E-state index contributed by atoms with van der Waals surface area (Å²) < 4.78 is 12.7. The van der Waals surface area contributed by atoms with E-state index in [0.29, 0.717) is 21.9 Å². The van der Waals surface area contributed by atoms with Gasteiger partial charge in [0.15, 0.2) is 5.82 Å². The van der Waals surface area contributed by atoms with E-state index in [4.69, 9.17) is 9.47 Å². The van der Waals surface area contributed by atoms with E-state index in [0.717, 1.165) is 22.6 Å². The molecule has 0 saturated carbocycles. The third-order valence-corrected chi connectivity index (χ3v) is 5.25. The normalized spacial score (nSPS) is 12.1. The molecule has 29 heavy (non-hydrogen) atoms. The van der Waals surface area contributed by atoms with Crippen molar-refractivity contribution in [1.29, 1.82) is 0 Å². The quantitative estimate of drug-likeness (QED) is 0.492. The first-order chi connectivity index (χ1) is 14.2. The predicted octanol–water partition coefficient (Wildman–Crippen LogP) is 3.44. The van der Waals surface area contributed by atoms with Gasteiger partial charge in [-0.05, 0) is 43.3 Å². The molecule has 0 aliphatic carbocycles. The molecule has 6 nitrogen and oxygen atoms in total. The average molecular weight is 405 g/mol. The van der Waals surface area contributed by atoms with Gasteiger partial charge >= 0.3 is 0 Å². The van der Waals surface area contributed by atoms with Crippen molar-refractivity contribution in [3.05, 3.63) is 75.1 Å². The molecule has 0 N–H and O–H groups in total. The molecule has 0 radical (unpaired) electrons. The second kappa shape index (κ2) is 8.28. The minimum absolute atomic E-state index is 0.181. The lowest BCUT2D eigenvalue weighted by Gasteiger charge is -2.02. The number of thiazole rings is 1. The standard InChI is InChI=1S/C22H19N3O3S/c1-3-28-17-13-11-16(12-14-17)20-23-22-25(24-20)21(26)19(29-22)10-6-8-15-7-4-5-9-18(15)27-2/h4-14H,3H2,1-2H3/b8-6+,19-10+. The average Bonchev–Trinajstić information content (AvgIpc) is 3.29.